The lowest BCUT2D eigenvalue weighted by Crippen LogP contribution is -2.24. The first-order valence-corrected chi connectivity index (χ1v) is 7.27. The van der Waals surface area contributed by atoms with Crippen molar-refractivity contribution in [3.8, 4) is 0 Å². The first kappa shape index (κ1) is 19.6. The summed E-state index contributed by atoms with van der Waals surface area (Å²) in [6.07, 6.45) is -0.439. The molecule has 0 fully saturated rings. The van der Waals surface area contributed by atoms with E-state index in [9.17, 15) is 13.2 Å². The summed E-state index contributed by atoms with van der Waals surface area (Å²) in [6.45, 7) is 1.42. The number of rotatable bonds is 6. The number of hydrogen-bond acceptors (Lipinski definition) is 5. The molecule has 106 valence electrons. The molecule has 0 aliphatic rings. The van der Waals surface area contributed by atoms with E-state index in [0.29, 0.717) is 4.21 Å². The standard InChI is InChI=1S/C10H14O4S2.2CH4/c1-8(11)6-9(14-2)7-16(12,13)10-4-3-5-15-10;;/h3-5,9H,6-7H2,1-2H3;2*1H4. The van der Waals surface area contributed by atoms with E-state index in [-0.39, 0.29) is 32.8 Å². The van der Waals surface area contributed by atoms with E-state index < -0.39 is 15.9 Å². The minimum atomic E-state index is -3.33. The average molecular weight is 294 g/mol. The summed E-state index contributed by atoms with van der Waals surface area (Å²) in [6, 6.07) is 3.24. The molecule has 18 heavy (non-hydrogen) atoms. The van der Waals surface area contributed by atoms with Crippen molar-refractivity contribution in [1.82, 2.24) is 0 Å². The largest absolute Gasteiger partial charge is 0.380 e. The van der Waals surface area contributed by atoms with Gasteiger partial charge in [0.25, 0.3) is 0 Å². The Morgan fingerprint density at radius 3 is 2.44 bits per heavy atom. The van der Waals surface area contributed by atoms with Crippen LogP contribution in [-0.2, 0) is 19.4 Å². The second-order valence-corrected chi connectivity index (χ2v) is 6.69. The first-order chi connectivity index (χ1) is 7.45. The lowest BCUT2D eigenvalue weighted by atomic mass is 10.2. The number of sulfone groups is 1. The van der Waals surface area contributed by atoms with Crippen LogP contribution in [0.3, 0.4) is 0 Å². The van der Waals surface area contributed by atoms with Gasteiger partial charge in [0.2, 0.25) is 0 Å². The molecule has 1 rings (SSSR count). The molecule has 0 N–H and O–H groups in total. The lowest BCUT2D eigenvalue weighted by Gasteiger charge is -2.12. The summed E-state index contributed by atoms with van der Waals surface area (Å²) < 4.78 is 29.0. The molecule has 0 spiro atoms. The second-order valence-electron chi connectivity index (χ2n) is 3.48. The molecule has 0 saturated carbocycles. The van der Waals surface area contributed by atoms with Crippen LogP contribution in [0.1, 0.15) is 28.2 Å². The number of carbonyl (C=O) groups excluding carboxylic acids is 1. The predicted molar refractivity (Wildman–Crippen MR) is 75.9 cm³/mol. The number of methoxy groups -OCH3 is 1. The van der Waals surface area contributed by atoms with Gasteiger partial charge in [-0.15, -0.1) is 11.3 Å². The van der Waals surface area contributed by atoms with Gasteiger partial charge in [0.05, 0.1) is 11.9 Å². The number of hydrogen-bond donors (Lipinski definition) is 0. The normalized spacial score (nSPS) is 12.1. The van der Waals surface area contributed by atoms with Crippen molar-refractivity contribution >= 4 is 27.0 Å². The molecule has 1 aromatic rings. The van der Waals surface area contributed by atoms with Crippen LogP contribution in [0.15, 0.2) is 21.7 Å². The van der Waals surface area contributed by atoms with Gasteiger partial charge in [0.15, 0.2) is 9.84 Å². The topological polar surface area (TPSA) is 60.4 Å². The van der Waals surface area contributed by atoms with E-state index >= 15 is 0 Å². The molecule has 4 nitrogen and oxygen atoms in total. The molecule has 0 aliphatic heterocycles. The number of Topliss-reactive ketones (excluding diaryl/α,β-unsaturated/α-hetero) is 1. The van der Waals surface area contributed by atoms with E-state index in [4.69, 9.17) is 4.74 Å². The van der Waals surface area contributed by atoms with Crippen molar-refractivity contribution < 1.29 is 17.9 Å². The van der Waals surface area contributed by atoms with Gasteiger partial charge in [-0.1, -0.05) is 20.9 Å². The summed E-state index contributed by atoms with van der Waals surface area (Å²) in [5.41, 5.74) is 0. The Hall–Kier alpha value is -0.720. The summed E-state index contributed by atoms with van der Waals surface area (Å²) in [7, 11) is -1.92. The van der Waals surface area contributed by atoms with Gasteiger partial charge < -0.3 is 4.74 Å². The van der Waals surface area contributed by atoms with E-state index in [2.05, 4.69) is 0 Å². The molecule has 1 heterocycles. The Labute approximate surface area is 114 Å². The smallest absolute Gasteiger partial charge is 0.190 e. The highest BCUT2D eigenvalue weighted by atomic mass is 32.2. The zero-order valence-electron chi connectivity index (χ0n) is 9.17. The Morgan fingerprint density at radius 2 is 2.06 bits per heavy atom. The Balaban J connectivity index is 0. The summed E-state index contributed by atoms with van der Waals surface area (Å²) in [5.74, 6) is -0.225. The highest BCUT2D eigenvalue weighted by molar-refractivity contribution is 7.93. The quantitative estimate of drug-likeness (QED) is 0.809. The Morgan fingerprint density at radius 1 is 1.44 bits per heavy atom. The van der Waals surface area contributed by atoms with Gasteiger partial charge in [-0.2, -0.15) is 0 Å². The van der Waals surface area contributed by atoms with E-state index in [1.165, 1.54) is 25.4 Å². The highest BCUT2D eigenvalue weighted by Crippen LogP contribution is 2.19. The molecule has 6 heteroatoms. The first-order valence-electron chi connectivity index (χ1n) is 4.74. The molecule has 0 radical (unpaired) electrons. The maximum atomic E-state index is 11.9. The third kappa shape index (κ3) is 5.75. The molecule has 0 aromatic carbocycles. The molecule has 0 bridgehead atoms. The van der Waals surface area contributed by atoms with Crippen LogP contribution in [0.25, 0.3) is 0 Å². The third-order valence-electron chi connectivity index (χ3n) is 2.06. The Bertz CT molecular complexity index is 435. The zero-order valence-corrected chi connectivity index (χ0v) is 10.8. The minimum absolute atomic E-state index is 0. The van der Waals surface area contributed by atoms with Crippen molar-refractivity contribution in [2.75, 3.05) is 12.9 Å². The lowest BCUT2D eigenvalue weighted by molar-refractivity contribution is -0.119. The van der Waals surface area contributed by atoms with Gasteiger partial charge in [-0.05, 0) is 18.4 Å². The maximum absolute atomic E-state index is 11.9. The number of ketones is 1. The predicted octanol–water partition coefficient (Wildman–Crippen LogP) is 2.79. The summed E-state index contributed by atoms with van der Waals surface area (Å²) in [4.78, 5) is 10.9. The van der Waals surface area contributed by atoms with Gasteiger partial charge in [-0.3, -0.25) is 4.79 Å². The van der Waals surface area contributed by atoms with Gasteiger partial charge >= 0.3 is 0 Å². The van der Waals surface area contributed by atoms with Crippen LogP contribution in [0.2, 0.25) is 0 Å². The number of carbonyl (C=O) groups is 1. The zero-order chi connectivity index (χ0) is 12.2. The van der Waals surface area contributed by atoms with Crippen LogP contribution in [0.5, 0.6) is 0 Å². The monoisotopic (exact) mass is 294 g/mol. The maximum Gasteiger partial charge on any atom is 0.190 e. The molecular weight excluding hydrogens is 272 g/mol. The number of ether oxygens (including phenoxy) is 1. The SMILES string of the molecule is C.C.COC(CC(C)=O)CS(=O)(=O)c1cccs1. The summed E-state index contributed by atoms with van der Waals surface area (Å²) in [5, 5.41) is 1.71. The van der Waals surface area contributed by atoms with Crippen molar-refractivity contribution in [3.63, 3.8) is 0 Å². The number of thiophene rings is 1. The van der Waals surface area contributed by atoms with Crippen LogP contribution < -0.4 is 0 Å². The molecule has 1 aromatic heterocycles. The minimum Gasteiger partial charge on any atom is -0.380 e. The van der Waals surface area contributed by atoms with Crippen molar-refractivity contribution in [1.29, 1.82) is 0 Å². The molecular formula is C12H22O4S2. The molecule has 1 atom stereocenters. The van der Waals surface area contributed by atoms with E-state index in [1.54, 1.807) is 17.5 Å². The van der Waals surface area contributed by atoms with E-state index in [1.807, 2.05) is 0 Å². The van der Waals surface area contributed by atoms with Gasteiger partial charge in [0.1, 0.15) is 9.99 Å². The van der Waals surface area contributed by atoms with E-state index in [0.717, 1.165) is 0 Å². The van der Waals surface area contributed by atoms with Gasteiger partial charge in [-0.25, -0.2) is 8.42 Å². The van der Waals surface area contributed by atoms with Crippen LogP contribution in [0, 0.1) is 0 Å². The highest BCUT2D eigenvalue weighted by Gasteiger charge is 2.22. The van der Waals surface area contributed by atoms with Crippen molar-refractivity contribution in [2.45, 2.75) is 38.5 Å². The fourth-order valence-electron chi connectivity index (χ4n) is 1.30. The molecule has 0 saturated heterocycles. The molecule has 1 unspecified atom stereocenters. The third-order valence-corrected chi connectivity index (χ3v) is 5.33. The average Bonchev–Trinajstić information content (AvgIpc) is 2.68. The van der Waals surface area contributed by atoms with Crippen LogP contribution in [0.4, 0.5) is 0 Å². The summed E-state index contributed by atoms with van der Waals surface area (Å²) >= 11 is 1.17. The fraction of sp³-hybridized carbons (Fsp3) is 0.583. The second kappa shape index (κ2) is 8.39. The van der Waals surface area contributed by atoms with Crippen molar-refractivity contribution in [2.24, 2.45) is 0 Å². The van der Waals surface area contributed by atoms with Crippen LogP contribution in [-0.4, -0.2) is 33.2 Å². The van der Waals surface area contributed by atoms with Crippen LogP contribution >= 0.6 is 11.3 Å². The fourth-order valence-corrected chi connectivity index (χ4v) is 3.90. The van der Waals surface area contributed by atoms with Gasteiger partial charge in [0, 0.05) is 13.5 Å². The Kier molecular flexibility index (Phi) is 9.15. The molecule has 0 amide bonds. The van der Waals surface area contributed by atoms with Crippen molar-refractivity contribution in [3.05, 3.63) is 17.5 Å². The molecule has 0 aliphatic carbocycles.